The van der Waals surface area contributed by atoms with Crippen LogP contribution in [-0.2, 0) is 4.74 Å². The molecule has 2 nitrogen and oxygen atoms in total. The van der Waals surface area contributed by atoms with Gasteiger partial charge < -0.3 is 10.5 Å². The van der Waals surface area contributed by atoms with Gasteiger partial charge in [-0.3, -0.25) is 0 Å². The minimum Gasteiger partial charge on any atom is -0.376 e. The Hall–Kier alpha value is -0.380. The first kappa shape index (κ1) is 13.1. The van der Waals surface area contributed by atoms with Gasteiger partial charge >= 0.3 is 0 Å². The second-order valence-corrected chi connectivity index (χ2v) is 5.84. The lowest BCUT2D eigenvalue weighted by Crippen LogP contribution is -2.36. The highest BCUT2D eigenvalue weighted by Gasteiger charge is 2.30. The molecule has 1 heterocycles. The van der Waals surface area contributed by atoms with E-state index in [1.807, 2.05) is 0 Å². The second-order valence-electron chi connectivity index (χ2n) is 4.86. The second kappa shape index (κ2) is 6.53. The minimum absolute atomic E-state index is 0.0537. The maximum atomic E-state index is 6.39. The first-order chi connectivity index (χ1) is 8.33. The molecule has 0 amide bonds. The molecule has 2 unspecified atom stereocenters. The number of hydrogen-bond donors (Lipinski definition) is 1. The van der Waals surface area contributed by atoms with Crippen molar-refractivity contribution in [3.63, 3.8) is 0 Å². The number of nitrogens with two attached hydrogens (primary N) is 1. The van der Waals surface area contributed by atoms with Crippen molar-refractivity contribution in [2.24, 2.45) is 11.7 Å². The number of hydrogen-bond acceptors (Lipinski definition) is 3. The van der Waals surface area contributed by atoms with E-state index in [4.69, 9.17) is 10.5 Å². The fourth-order valence-corrected chi connectivity index (χ4v) is 3.59. The van der Waals surface area contributed by atoms with Gasteiger partial charge in [0, 0.05) is 11.5 Å². The summed E-state index contributed by atoms with van der Waals surface area (Å²) in [5.74, 6) is 0.654. The summed E-state index contributed by atoms with van der Waals surface area (Å²) >= 11 is 1.74. The zero-order chi connectivity index (χ0) is 12.1. The number of rotatable bonds is 5. The summed E-state index contributed by atoms with van der Waals surface area (Å²) in [4.78, 5) is 1.26. The molecule has 0 bridgehead atoms. The molecule has 0 aliphatic heterocycles. The van der Waals surface area contributed by atoms with Gasteiger partial charge in [-0.05, 0) is 37.1 Å². The summed E-state index contributed by atoms with van der Waals surface area (Å²) in [7, 11) is 0. The van der Waals surface area contributed by atoms with Gasteiger partial charge in [0.25, 0.3) is 0 Å². The van der Waals surface area contributed by atoms with Crippen LogP contribution in [0.1, 0.15) is 49.9 Å². The van der Waals surface area contributed by atoms with Crippen molar-refractivity contribution in [3.8, 4) is 0 Å². The Bertz CT molecular complexity index is 306. The largest absolute Gasteiger partial charge is 0.376 e. The van der Waals surface area contributed by atoms with Gasteiger partial charge in [0.1, 0.15) is 0 Å². The van der Waals surface area contributed by atoms with Crippen LogP contribution in [0.4, 0.5) is 0 Å². The molecule has 1 fully saturated rings. The molecule has 0 aromatic carbocycles. The van der Waals surface area contributed by atoms with Crippen molar-refractivity contribution in [2.45, 2.75) is 51.2 Å². The molecule has 0 radical (unpaired) electrons. The Labute approximate surface area is 108 Å². The summed E-state index contributed by atoms with van der Waals surface area (Å²) in [5.41, 5.74) is 6.39. The predicted octanol–water partition coefficient (Wildman–Crippen LogP) is 3.73. The molecule has 1 aromatic heterocycles. The lowest BCUT2D eigenvalue weighted by atomic mass is 9.82. The quantitative estimate of drug-likeness (QED) is 0.867. The molecule has 2 atom stereocenters. The molecule has 17 heavy (non-hydrogen) atoms. The van der Waals surface area contributed by atoms with E-state index in [1.165, 1.54) is 37.0 Å². The smallest absolute Gasteiger partial charge is 0.0803 e. The molecular weight excluding hydrogens is 230 g/mol. The van der Waals surface area contributed by atoms with Crippen LogP contribution in [0.5, 0.6) is 0 Å². The molecule has 0 spiro atoms. The summed E-state index contributed by atoms with van der Waals surface area (Å²) in [5, 5.41) is 2.10. The first-order valence-corrected chi connectivity index (χ1v) is 7.61. The normalized spacial score (nSPS) is 21.3. The molecule has 2 rings (SSSR count). The Morgan fingerprint density at radius 1 is 1.41 bits per heavy atom. The molecule has 0 saturated heterocycles. The predicted molar refractivity (Wildman–Crippen MR) is 73.2 cm³/mol. The van der Waals surface area contributed by atoms with E-state index in [2.05, 4.69) is 24.4 Å². The Kier molecular flexibility index (Phi) is 5.01. The van der Waals surface area contributed by atoms with Gasteiger partial charge in [0.05, 0.1) is 12.1 Å². The van der Waals surface area contributed by atoms with Crippen molar-refractivity contribution in [2.75, 3.05) is 6.61 Å². The van der Waals surface area contributed by atoms with Crippen LogP contribution < -0.4 is 5.73 Å². The first-order valence-electron chi connectivity index (χ1n) is 6.73. The van der Waals surface area contributed by atoms with Gasteiger partial charge in [-0.2, -0.15) is 0 Å². The van der Waals surface area contributed by atoms with Crippen molar-refractivity contribution < 1.29 is 4.74 Å². The molecule has 1 aromatic rings. The highest BCUT2D eigenvalue weighted by atomic mass is 32.1. The summed E-state index contributed by atoms with van der Waals surface area (Å²) in [6.07, 6.45) is 6.83. The zero-order valence-corrected chi connectivity index (χ0v) is 11.4. The maximum Gasteiger partial charge on any atom is 0.0803 e. The zero-order valence-electron chi connectivity index (χ0n) is 10.6. The Balaban J connectivity index is 2.04. The van der Waals surface area contributed by atoms with Crippen LogP contribution in [-0.4, -0.2) is 12.7 Å². The van der Waals surface area contributed by atoms with Crippen LogP contribution in [0.3, 0.4) is 0 Å². The highest BCUT2D eigenvalue weighted by Crippen LogP contribution is 2.34. The topological polar surface area (TPSA) is 35.2 Å². The Morgan fingerprint density at radius 3 is 2.76 bits per heavy atom. The average Bonchev–Trinajstić information content (AvgIpc) is 2.90. The molecule has 2 N–H and O–H groups in total. The Morgan fingerprint density at radius 2 is 2.18 bits per heavy atom. The third-order valence-electron chi connectivity index (χ3n) is 3.70. The average molecular weight is 253 g/mol. The van der Waals surface area contributed by atoms with Gasteiger partial charge in [-0.1, -0.05) is 25.3 Å². The van der Waals surface area contributed by atoms with Crippen molar-refractivity contribution in [1.29, 1.82) is 0 Å². The molecule has 1 aliphatic rings. The van der Waals surface area contributed by atoms with Crippen LogP contribution >= 0.6 is 11.3 Å². The molecule has 1 aliphatic carbocycles. The maximum absolute atomic E-state index is 6.39. The molecule has 96 valence electrons. The fraction of sp³-hybridized carbons (Fsp3) is 0.714. The summed E-state index contributed by atoms with van der Waals surface area (Å²) < 4.78 is 5.95. The van der Waals surface area contributed by atoms with E-state index in [0.717, 1.165) is 6.61 Å². The monoisotopic (exact) mass is 253 g/mol. The van der Waals surface area contributed by atoms with E-state index in [0.29, 0.717) is 5.92 Å². The lowest BCUT2D eigenvalue weighted by molar-refractivity contribution is -0.00916. The highest BCUT2D eigenvalue weighted by molar-refractivity contribution is 7.10. The summed E-state index contributed by atoms with van der Waals surface area (Å²) in [6.45, 7) is 2.83. The SMILES string of the molecule is CCOC(C1CCCCC1)C(N)c1cccs1. The van der Waals surface area contributed by atoms with Crippen LogP contribution in [0, 0.1) is 5.92 Å². The minimum atomic E-state index is 0.0537. The third kappa shape index (κ3) is 3.30. The third-order valence-corrected chi connectivity index (χ3v) is 4.67. The van der Waals surface area contributed by atoms with Gasteiger partial charge in [-0.25, -0.2) is 0 Å². The molecule has 3 heteroatoms. The molecular formula is C14H23NOS. The number of thiophene rings is 1. The molecule has 1 saturated carbocycles. The number of ether oxygens (including phenoxy) is 1. The van der Waals surface area contributed by atoms with Gasteiger partial charge in [-0.15, -0.1) is 11.3 Å². The van der Waals surface area contributed by atoms with Crippen molar-refractivity contribution >= 4 is 11.3 Å². The van der Waals surface area contributed by atoms with E-state index in [9.17, 15) is 0 Å². The van der Waals surface area contributed by atoms with E-state index >= 15 is 0 Å². The van der Waals surface area contributed by atoms with Gasteiger partial charge in [0.2, 0.25) is 0 Å². The standard InChI is InChI=1S/C14H23NOS/c1-2-16-14(11-7-4-3-5-8-11)13(15)12-9-6-10-17-12/h6,9-11,13-14H,2-5,7-8,15H2,1H3. The van der Waals surface area contributed by atoms with Crippen LogP contribution in [0.25, 0.3) is 0 Å². The fourth-order valence-electron chi connectivity index (χ4n) is 2.83. The van der Waals surface area contributed by atoms with E-state index in [-0.39, 0.29) is 12.1 Å². The van der Waals surface area contributed by atoms with Crippen molar-refractivity contribution in [1.82, 2.24) is 0 Å². The van der Waals surface area contributed by atoms with Gasteiger partial charge in [0.15, 0.2) is 0 Å². The van der Waals surface area contributed by atoms with Crippen LogP contribution in [0.15, 0.2) is 17.5 Å². The summed E-state index contributed by atoms with van der Waals surface area (Å²) in [6, 6.07) is 4.26. The van der Waals surface area contributed by atoms with Crippen LogP contribution in [0.2, 0.25) is 0 Å². The lowest BCUT2D eigenvalue weighted by Gasteiger charge is -2.33. The van der Waals surface area contributed by atoms with Crippen molar-refractivity contribution in [3.05, 3.63) is 22.4 Å². The van der Waals surface area contributed by atoms with E-state index in [1.54, 1.807) is 11.3 Å². The van der Waals surface area contributed by atoms with E-state index < -0.39 is 0 Å².